The van der Waals surface area contributed by atoms with Crippen LogP contribution in [0.1, 0.15) is 69.9 Å². The van der Waals surface area contributed by atoms with E-state index in [2.05, 4.69) is 45.2 Å². The highest BCUT2D eigenvalue weighted by Crippen LogP contribution is 2.46. The second-order valence-corrected chi connectivity index (χ2v) is 7.72. The first-order valence-electron chi connectivity index (χ1n) is 10.1. The third-order valence-electron chi connectivity index (χ3n) is 5.36. The van der Waals surface area contributed by atoms with Gasteiger partial charge in [-0.1, -0.05) is 43.6 Å². The SMILES string of the molecule is C=C(C)C1CCC(C)=CC1c1c(O)cc(CCCCC)cc1OCC[NH3+]. The molecule has 0 heterocycles. The number of quaternary nitrogens is 1. The average Bonchev–Trinajstić information content (AvgIpc) is 2.59. The Morgan fingerprint density at radius 3 is 2.77 bits per heavy atom. The molecule has 1 aliphatic carbocycles. The predicted octanol–water partition coefficient (Wildman–Crippen LogP) is 4.76. The Kier molecular flexibility index (Phi) is 7.77. The molecule has 3 heteroatoms. The van der Waals surface area contributed by atoms with Gasteiger partial charge in [-0.25, -0.2) is 0 Å². The summed E-state index contributed by atoms with van der Waals surface area (Å²) >= 11 is 0. The summed E-state index contributed by atoms with van der Waals surface area (Å²) in [6.07, 6.45) is 8.99. The van der Waals surface area contributed by atoms with Crippen molar-refractivity contribution in [3.05, 3.63) is 47.1 Å². The van der Waals surface area contributed by atoms with Gasteiger partial charge in [0.05, 0.1) is 0 Å². The van der Waals surface area contributed by atoms with Gasteiger partial charge in [0.25, 0.3) is 0 Å². The highest BCUT2D eigenvalue weighted by atomic mass is 16.5. The average molecular weight is 359 g/mol. The number of hydrogen-bond acceptors (Lipinski definition) is 2. The Morgan fingerprint density at radius 1 is 1.35 bits per heavy atom. The normalized spacial score (nSPS) is 19.9. The van der Waals surface area contributed by atoms with E-state index >= 15 is 0 Å². The molecular formula is C23H36NO2+. The van der Waals surface area contributed by atoms with Crippen molar-refractivity contribution < 1.29 is 15.6 Å². The second kappa shape index (κ2) is 9.82. The summed E-state index contributed by atoms with van der Waals surface area (Å²) in [5, 5.41) is 10.9. The van der Waals surface area contributed by atoms with Gasteiger partial charge in [-0.3, -0.25) is 0 Å². The molecule has 0 saturated carbocycles. The summed E-state index contributed by atoms with van der Waals surface area (Å²) in [4.78, 5) is 0. The van der Waals surface area contributed by atoms with Gasteiger partial charge in [0.2, 0.25) is 0 Å². The molecular weight excluding hydrogens is 322 g/mol. The summed E-state index contributed by atoms with van der Waals surface area (Å²) in [6.45, 7) is 12.0. The van der Waals surface area contributed by atoms with E-state index < -0.39 is 0 Å². The van der Waals surface area contributed by atoms with E-state index in [1.807, 2.05) is 6.07 Å². The Hall–Kier alpha value is -1.74. The molecule has 0 radical (unpaired) electrons. The topological polar surface area (TPSA) is 57.1 Å². The van der Waals surface area contributed by atoms with Crippen molar-refractivity contribution in [2.45, 2.75) is 65.2 Å². The summed E-state index contributed by atoms with van der Waals surface area (Å²) in [6, 6.07) is 4.07. The fourth-order valence-corrected chi connectivity index (χ4v) is 3.93. The third-order valence-corrected chi connectivity index (χ3v) is 5.36. The molecule has 0 aromatic heterocycles. The van der Waals surface area contributed by atoms with E-state index in [9.17, 15) is 5.11 Å². The fourth-order valence-electron chi connectivity index (χ4n) is 3.93. The number of ether oxygens (including phenoxy) is 1. The maximum absolute atomic E-state index is 10.9. The minimum Gasteiger partial charge on any atom is -0.507 e. The third kappa shape index (κ3) is 5.14. The first kappa shape index (κ1) is 20.6. The van der Waals surface area contributed by atoms with Gasteiger partial charge in [-0.05, 0) is 63.1 Å². The van der Waals surface area contributed by atoms with Crippen LogP contribution in [0.2, 0.25) is 0 Å². The van der Waals surface area contributed by atoms with Gasteiger partial charge >= 0.3 is 0 Å². The van der Waals surface area contributed by atoms with Crippen LogP contribution in [0.3, 0.4) is 0 Å². The van der Waals surface area contributed by atoms with Crippen molar-refractivity contribution in [1.82, 2.24) is 0 Å². The zero-order valence-corrected chi connectivity index (χ0v) is 16.8. The lowest BCUT2D eigenvalue weighted by Crippen LogP contribution is -2.52. The maximum Gasteiger partial charge on any atom is 0.137 e. The van der Waals surface area contributed by atoms with Crippen LogP contribution in [0.5, 0.6) is 11.5 Å². The van der Waals surface area contributed by atoms with E-state index in [0.29, 0.717) is 24.8 Å². The van der Waals surface area contributed by atoms with E-state index in [-0.39, 0.29) is 5.92 Å². The molecule has 0 amide bonds. The van der Waals surface area contributed by atoms with Gasteiger partial charge in [-0.15, -0.1) is 0 Å². The van der Waals surface area contributed by atoms with Gasteiger partial charge in [0.1, 0.15) is 24.7 Å². The molecule has 0 spiro atoms. The van der Waals surface area contributed by atoms with Crippen molar-refractivity contribution in [3.63, 3.8) is 0 Å². The Labute approximate surface area is 158 Å². The maximum atomic E-state index is 10.9. The van der Waals surface area contributed by atoms with Crippen molar-refractivity contribution in [2.24, 2.45) is 5.92 Å². The Bertz CT molecular complexity index is 648. The van der Waals surface area contributed by atoms with Crippen LogP contribution in [0, 0.1) is 5.92 Å². The minimum absolute atomic E-state index is 0.130. The molecule has 1 aromatic carbocycles. The van der Waals surface area contributed by atoms with Crippen LogP contribution in [0.25, 0.3) is 0 Å². The molecule has 2 unspecified atom stereocenters. The van der Waals surface area contributed by atoms with Gasteiger partial charge < -0.3 is 15.6 Å². The lowest BCUT2D eigenvalue weighted by atomic mass is 9.73. The van der Waals surface area contributed by atoms with Gasteiger partial charge in [0, 0.05) is 11.5 Å². The zero-order valence-electron chi connectivity index (χ0n) is 16.8. The molecule has 0 aliphatic heterocycles. The molecule has 26 heavy (non-hydrogen) atoms. The lowest BCUT2D eigenvalue weighted by Gasteiger charge is -2.32. The largest absolute Gasteiger partial charge is 0.507 e. The summed E-state index contributed by atoms with van der Waals surface area (Å²) in [5.41, 5.74) is 8.52. The molecule has 1 aromatic rings. The number of hydrogen-bond donors (Lipinski definition) is 2. The predicted molar refractivity (Wildman–Crippen MR) is 109 cm³/mol. The zero-order chi connectivity index (χ0) is 19.1. The summed E-state index contributed by atoms with van der Waals surface area (Å²) in [7, 11) is 0. The molecule has 144 valence electrons. The van der Waals surface area contributed by atoms with E-state index in [1.54, 1.807) is 0 Å². The van der Waals surface area contributed by atoms with Crippen molar-refractivity contribution in [3.8, 4) is 11.5 Å². The highest BCUT2D eigenvalue weighted by molar-refractivity contribution is 5.52. The quantitative estimate of drug-likeness (QED) is 0.494. The van der Waals surface area contributed by atoms with Crippen molar-refractivity contribution in [2.75, 3.05) is 13.2 Å². The number of aromatic hydroxyl groups is 1. The van der Waals surface area contributed by atoms with E-state index in [4.69, 9.17) is 4.74 Å². The van der Waals surface area contributed by atoms with Gasteiger partial charge in [-0.2, -0.15) is 0 Å². The highest BCUT2D eigenvalue weighted by Gasteiger charge is 2.30. The van der Waals surface area contributed by atoms with Gasteiger partial charge in [0.15, 0.2) is 0 Å². The lowest BCUT2D eigenvalue weighted by molar-refractivity contribution is -0.370. The number of phenolic OH excluding ortho intramolecular Hbond substituents is 1. The molecule has 2 atom stereocenters. The number of rotatable bonds is 9. The van der Waals surface area contributed by atoms with Crippen LogP contribution >= 0.6 is 0 Å². The molecule has 0 bridgehead atoms. The van der Waals surface area contributed by atoms with Crippen LogP contribution in [0.15, 0.2) is 35.9 Å². The van der Waals surface area contributed by atoms with Crippen LogP contribution in [-0.2, 0) is 6.42 Å². The second-order valence-electron chi connectivity index (χ2n) is 7.72. The molecule has 0 fully saturated rings. The number of aryl methyl sites for hydroxylation is 1. The first-order valence-corrected chi connectivity index (χ1v) is 10.1. The van der Waals surface area contributed by atoms with E-state index in [1.165, 1.54) is 24.0 Å². The summed E-state index contributed by atoms with van der Waals surface area (Å²) in [5.74, 6) is 1.66. The molecule has 1 aliphatic rings. The monoisotopic (exact) mass is 358 g/mol. The number of unbranched alkanes of at least 4 members (excludes halogenated alkanes) is 2. The van der Waals surface area contributed by atoms with Crippen molar-refractivity contribution >= 4 is 0 Å². The van der Waals surface area contributed by atoms with Crippen LogP contribution in [-0.4, -0.2) is 18.3 Å². The summed E-state index contributed by atoms with van der Waals surface area (Å²) < 4.78 is 6.05. The number of allylic oxidation sites excluding steroid dienone is 3. The molecule has 0 saturated heterocycles. The van der Waals surface area contributed by atoms with Crippen LogP contribution in [0.4, 0.5) is 0 Å². The molecule has 3 nitrogen and oxygen atoms in total. The molecule has 4 N–H and O–H groups in total. The van der Waals surface area contributed by atoms with Crippen molar-refractivity contribution in [1.29, 1.82) is 0 Å². The standard InChI is InChI=1S/C23H35NO2/c1-5-6-7-8-18-14-21(25)23(22(15-18)26-12-11-24)20-13-17(4)9-10-19(20)16(2)3/h13-15,19-20,25H,2,5-12,24H2,1,3-4H3/p+1. The van der Waals surface area contributed by atoms with Crippen LogP contribution < -0.4 is 10.5 Å². The smallest absolute Gasteiger partial charge is 0.137 e. The number of phenols is 1. The Balaban J connectivity index is 2.43. The van der Waals surface area contributed by atoms with E-state index in [0.717, 1.165) is 42.6 Å². The first-order chi connectivity index (χ1) is 12.5. The fraction of sp³-hybridized carbons (Fsp3) is 0.565. The number of benzene rings is 1. The Morgan fingerprint density at radius 2 is 2.12 bits per heavy atom. The minimum atomic E-state index is 0.130. The molecule has 2 rings (SSSR count).